The van der Waals surface area contributed by atoms with Gasteiger partial charge in [0.15, 0.2) is 0 Å². The molecule has 1 aromatic carbocycles. The summed E-state index contributed by atoms with van der Waals surface area (Å²) in [5, 5.41) is 0.480. The van der Waals surface area contributed by atoms with Crippen molar-refractivity contribution in [2.45, 2.75) is 20.3 Å². The van der Waals surface area contributed by atoms with E-state index in [1.54, 1.807) is 11.0 Å². The molecule has 17 heavy (non-hydrogen) atoms. The minimum Gasteiger partial charge on any atom is -0.342 e. The molecule has 4 heteroatoms. The topological polar surface area (TPSA) is 20.3 Å². The Labute approximate surface area is 116 Å². The van der Waals surface area contributed by atoms with Gasteiger partial charge >= 0.3 is 0 Å². The molecule has 0 aliphatic heterocycles. The van der Waals surface area contributed by atoms with Gasteiger partial charge in [-0.25, -0.2) is 0 Å². The van der Waals surface area contributed by atoms with Gasteiger partial charge in [0.05, 0.1) is 10.6 Å². The maximum Gasteiger partial charge on any atom is 0.255 e. The van der Waals surface area contributed by atoms with Crippen molar-refractivity contribution < 1.29 is 4.79 Å². The molecule has 0 spiro atoms. The Bertz CT molecular complexity index is 406. The fourth-order valence-corrected chi connectivity index (χ4v) is 2.00. The molecule has 0 saturated heterocycles. The van der Waals surface area contributed by atoms with E-state index in [4.69, 9.17) is 11.6 Å². The normalized spacial score (nSPS) is 10.7. The quantitative estimate of drug-likeness (QED) is 0.814. The molecule has 2 nitrogen and oxygen atoms in total. The van der Waals surface area contributed by atoms with Gasteiger partial charge in [0.1, 0.15) is 0 Å². The van der Waals surface area contributed by atoms with Crippen molar-refractivity contribution in [3.05, 3.63) is 33.3 Å². The van der Waals surface area contributed by atoms with Crippen molar-refractivity contribution in [1.29, 1.82) is 0 Å². The number of amides is 1. The zero-order valence-corrected chi connectivity index (χ0v) is 12.7. The summed E-state index contributed by atoms with van der Waals surface area (Å²) in [7, 11) is 1.81. The smallest absolute Gasteiger partial charge is 0.255 e. The van der Waals surface area contributed by atoms with Crippen LogP contribution in [0.25, 0.3) is 0 Å². The summed E-state index contributed by atoms with van der Waals surface area (Å²) < 4.78 is 0.752. The monoisotopic (exact) mass is 317 g/mol. The van der Waals surface area contributed by atoms with E-state index in [1.807, 2.05) is 19.2 Å². The first-order chi connectivity index (χ1) is 7.93. The number of benzene rings is 1. The first kappa shape index (κ1) is 14.5. The van der Waals surface area contributed by atoms with Crippen LogP contribution in [0.1, 0.15) is 30.6 Å². The van der Waals surface area contributed by atoms with Crippen molar-refractivity contribution in [3.63, 3.8) is 0 Å². The zero-order chi connectivity index (χ0) is 13.0. The summed E-state index contributed by atoms with van der Waals surface area (Å²) in [5.74, 6) is 0.556. The third kappa shape index (κ3) is 4.00. The van der Waals surface area contributed by atoms with Crippen molar-refractivity contribution in [2.24, 2.45) is 5.92 Å². The first-order valence-electron chi connectivity index (χ1n) is 5.63. The van der Waals surface area contributed by atoms with Crippen LogP contribution in [0.5, 0.6) is 0 Å². The summed E-state index contributed by atoms with van der Waals surface area (Å²) in [6, 6.07) is 5.40. The number of rotatable bonds is 4. The molecule has 1 aromatic rings. The number of nitrogens with zero attached hydrogens (tertiary/aromatic N) is 1. The van der Waals surface area contributed by atoms with Gasteiger partial charge in [-0.05, 0) is 40.4 Å². The van der Waals surface area contributed by atoms with Crippen molar-refractivity contribution in [2.75, 3.05) is 13.6 Å². The van der Waals surface area contributed by atoms with Crippen molar-refractivity contribution in [3.8, 4) is 0 Å². The molecule has 1 amide bonds. The second-order valence-electron chi connectivity index (χ2n) is 4.51. The lowest BCUT2D eigenvalue weighted by atomic mass is 10.1. The highest BCUT2D eigenvalue weighted by Crippen LogP contribution is 2.26. The molecule has 0 aromatic heterocycles. The van der Waals surface area contributed by atoms with Crippen LogP contribution in [0.2, 0.25) is 5.02 Å². The predicted molar refractivity (Wildman–Crippen MR) is 75.6 cm³/mol. The lowest BCUT2D eigenvalue weighted by Gasteiger charge is -2.19. The van der Waals surface area contributed by atoms with Crippen LogP contribution in [-0.2, 0) is 0 Å². The van der Waals surface area contributed by atoms with Crippen molar-refractivity contribution in [1.82, 2.24) is 4.90 Å². The summed E-state index contributed by atoms with van der Waals surface area (Å²) in [6.07, 6.45) is 0.994. The largest absolute Gasteiger partial charge is 0.342 e. The minimum atomic E-state index is -0.0306. The molecule has 94 valence electrons. The van der Waals surface area contributed by atoms with Crippen molar-refractivity contribution >= 4 is 33.4 Å². The molecule has 0 radical (unpaired) electrons. The minimum absolute atomic E-state index is 0.0306. The van der Waals surface area contributed by atoms with E-state index in [-0.39, 0.29) is 5.91 Å². The SMILES string of the molecule is CC(C)CCN(C)C(=O)c1cccc(Br)c1Cl. The van der Waals surface area contributed by atoms with E-state index in [0.29, 0.717) is 16.5 Å². The Hall–Kier alpha value is -0.540. The van der Waals surface area contributed by atoms with Crippen LogP contribution in [0.3, 0.4) is 0 Å². The Kier molecular flexibility index (Phi) is 5.47. The molecular formula is C13H17BrClNO. The van der Waals surface area contributed by atoms with Gasteiger partial charge < -0.3 is 4.90 Å². The second-order valence-corrected chi connectivity index (χ2v) is 5.74. The van der Waals surface area contributed by atoms with Crippen LogP contribution in [0.4, 0.5) is 0 Å². The van der Waals surface area contributed by atoms with Crippen LogP contribution >= 0.6 is 27.5 Å². The molecule has 0 unspecified atom stereocenters. The maximum absolute atomic E-state index is 12.2. The van der Waals surface area contributed by atoms with Crippen LogP contribution in [0.15, 0.2) is 22.7 Å². The average molecular weight is 319 g/mol. The van der Waals surface area contributed by atoms with E-state index >= 15 is 0 Å². The van der Waals surface area contributed by atoms with E-state index < -0.39 is 0 Å². The predicted octanol–water partition coefficient (Wildman–Crippen LogP) is 4.22. The molecule has 0 bridgehead atoms. The van der Waals surface area contributed by atoms with Gasteiger partial charge in [0, 0.05) is 18.1 Å². The Morgan fingerprint density at radius 1 is 1.47 bits per heavy atom. The number of carbonyl (C=O) groups is 1. The fourth-order valence-electron chi connectivity index (χ4n) is 1.43. The third-order valence-corrected chi connectivity index (χ3v) is 3.87. The Morgan fingerprint density at radius 3 is 2.71 bits per heavy atom. The standard InChI is InChI=1S/C13H17BrClNO/c1-9(2)7-8-16(3)13(17)10-5-4-6-11(14)12(10)15/h4-6,9H,7-8H2,1-3H3. The highest BCUT2D eigenvalue weighted by Gasteiger charge is 2.16. The number of hydrogen-bond donors (Lipinski definition) is 0. The highest BCUT2D eigenvalue weighted by atomic mass is 79.9. The molecular weight excluding hydrogens is 302 g/mol. The summed E-state index contributed by atoms with van der Waals surface area (Å²) in [6.45, 7) is 5.04. The Balaban J connectivity index is 2.78. The van der Waals surface area contributed by atoms with Gasteiger partial charge in [-0.2, -0.15) is 0 Å². The molecule has 0 fully saturated rings. The average Bonchev–Trinajstić information content (AvgIpc) is 2.28. The third-order valence-electron chi connectivity index (χ3n) is 2.57. The van der Waals surface area contributed by atoms with Gasteiger partial charge in [0.2, 0.25) is 0 Å². The summed E-state index contributed by atoms with van der Waals surface area (Å²) >= 11 is 9.42. The second kappa shape index (κ2) is 6.41. The van der Waals surface area contributed by atoms with E-state index in [1.165, 1.54) is 0 Å². The van der Waals surface area contributed by atoms with Gasteiger partial charge in [-0.1, -0.05) is 31.5 Å². The van der Waals surface area contributed by atoms with Gasteiger partial charge in [0.25, 0.3) is 5.91 Å². The fraction of sp³-hybridized carbons (Fsp3) is 0.462. The molecule has 1 rings (SSSR count). The van der Waals surface area contributed by atoms with Crippen LogP contribution < -0.4 is 0 Å². The number of hydrogen-bond acceptors (Lipinski definition) is 1. The number of halogens is 2. The van der Waals surface area contributed by atoms with Crippen LogP contribution in [-0.4, -0.2) is 24.4 Å². The molecule has 0 N–H and O–H groups in total. The maximum atomic E-state index is 12.2. The lowest BCUT2D eigenvalue weighted by Crippen LogP contribution is -2.28. The highest BCUT2D eigenvalue weighted by molar-refractivity contribution is 9.10. The number of carbonyl (C=O) groups excluding carboxylic acids is 1. The molecule has 0 aliphatic rings. The molecule has 0 aliphatic carbocycles. The van der Waals surface area contributed by atoms with Gasteiger partial charge in [-0.3, -0.25) is 4.79 Å². The zero-order valence-electron chi connectivity index (χ0n) is 10.3. The molecule has 0 atom stereocenters. The van der Waals surface area contributed by atoms with Crippen LogP contribution in [0, 0.1) is 5.92 Å². The summed E-state index contributed by atoms with van der Waals surface area (Å²) in [5.41, 5.74) is 0.548. The molecule has 0 saturated carbocycles. The summed E-state index contributed by atoms with van der Waals surface area (Å²) in [4.78, 5) is 13.9. The Morgan fingerprint density at radius 2 is 2.12 bits per heavy atom. The van der Waals surface area contributed by atoms with E-state index in [2.05, 4.69) is 29.8 Å². The lowest BCUT2D eigenvalue weighted by molar-refractivity contribution is 0.0789. The molecule has 0 heterocycles. The van der Waals surface area contributed by atoms with E-state index in [0.717, 1.165) is 17.4 Å². The van der Waals surface area contributed by atoms with Gasteiger partial charge in [-0.15, -0.1) is 0 Å². The van der Waals surface area contributed by atoms with E-state index in [9.17, 15) is 4.79 Å². The first-order valence-corrected chi connectivity index (χ1v) is 6.80.